The molecule has 1 saturated heterocycles. The van der Waals surface area contributed by atoms with Crippen LogP contribution in [0, 0.1) is 5.92 Å². The fourth-order valence-corrected chi connectivity index (χ4v) is 1.68. The minimum atomic E-state index is -1.26. The van der Waals surface area contributed by atoms with E-state index in [4.69, 9.17) is 9.84 Å². The lowest BCUT2D eigenvalue weighted by atomic mass is 9.90. The molecule has 0 radical (unpaired) electrons. The van der Waals surface area contributed by atoms with Crippen molar-refractivity contribution in [3.05, 3.63) is 0 Å². The zero-order chi connectivity index (χ0) is 10.9. The Morgan fingerprint density at radius 3 is 2.07 bits per heavy atom. The van der Waals surface area contributed by atoms with Crippen LogP contribution in [0.3, 0.4) is 0 Å². The molecule has 0 spiro atoms. The molecular formula is C9H18O5. The minimum Gasteiger partial charge on any atom is -0.394 e. The lowest BCUT2D eigenvalue weighted by Crippen LogP contribution is -2.59. The first-order chi connectivity index (χ1) is 6.49. The summed E-state index contributed by atoms with van der Waals surface area (Å²) < 4.78 is 5.28. The smallest absolute Gasteiger partial charge is 0.111 e. The van der Waals surface area contributed by atoms with E-state index in [0.29, 0.717) is 0 Å². The van der Waals surface area contributed by atoms with Crippen LogP contribution in [0.4, 0.5) is 0 Å². The molecule has 5 nitrogen and oxygen atoms in total. The molecule has 1 aliphatic rings. The summed E-state index contributed by atoms with van der Waals surface area (Å²) in [6.45, 7) is 3.31. The number of aliphatic hydroxyl groups is 4. The van der Waals surface area contributed by atoms with Gasteiger partial charge in [0.2, 0.25) is 0 Å². The molecule has 0 aliphatic carbocycles. The summed E-state index contributed by atoms with van der Waals surface area (Å²) in [5.41, 5.74) is 0. The van der Waals surface area contributed by atoms with Gasteiger partial charge in [-0.25, -0.2) is 0 Å². The standard InChI is InChI=1S/C9H18O5/c1-4(2)9-8(13)7(12)6(11)5(3-10)14-9/h4-13H,3H2,1-2H3/t5-,6+,7+,8-,9-/m1/s1. The molecule has 1 aliphatic heterocycles. The minimum absolute atomic E-state index is 0.0150. The summed E-state index contributed by atoms with van der Waals surface area (Å²) >= 11 is 0. The SMILES string of the molecule is CC(C)[C@H]1O[C@H](CO)[C@H](O)[C@H](O)[C@H]1O. The summed E-state index contributed by atoms with van der Waals surface area (Å²) in [6, 6.07) is 0. The maximum absolute atomic E-state index is 9.57. The van der Waals surface area contributed by atoms with Crippen molar-refractivity contribution in [1.82, 2.24) is 0 Å². The first kappa shape index (κ1) is 11.9. The highest BCUT2D eigenvalue weighted by Gasteiger charge is 2.44. The van der Waals surface area contributed by atoms with Gasteiger partial charge in [-0.1, -0.05) is 13.8 Å². The molecule has 5 atom stereocenters. The van der Waals surface area contributed by atoms with Crippen LogP contribution in [0.1, 0.15) is 13.8 Å². The summed E-state index contributed by atoms with van der Waals surface area (Å²) in [6.07, 6.45) is -4.96. The first-order valence-electron chi connectivity index (χ1n) is 4.79. The third kappa shape index (κ3) is 2.07. The van der Waals surface area contributed by atoms with Crippen molar-refractivity contribution in [2.75, 3.05) is 6.61 Å². The molecule has 0 aromatic carbocycles. The highest BCUT2D eigenvalue weighted by atomic mass is 16.5. The molecule has 0 aromatic heterocycles. The fraction of sp³-hybridized carbons (Fsp3) is 1.00. The van der Waals surface area contributed by atoms with Gasteiger partial charge in [0.25, 0.3) is 0 Å². The Kier molecular flexibility index (Phi) is 3.86. The Hall–Kier alpha value is -0.200. The lowest BCUT2D eigenvalue weighted by Gasteiger charge is -2.41. The van der Waals surface area contributed by atoms with Crippen LogP contribution in [0.15, 0.2) is 0 Å². The Labute approximate surface area is 82.9 Å². The van der Waals surface area contributed by atoms with E-state index in [9.17, 15) is 15.3 Å². The van der Waals surface area contributed by atoms with Gasteiger partial charge in [-0.15, -0.1) is 0 Å². The van der Waals surface area contributed by atoms with Crippen LogP contribution >= 0.6 is 0 Å². The molecule has 0 unspecified atom stereocenters. The van der Waals surface area contributed by atoms with Crippen LogP contribution in [0.5, 0.6) is 0 Å². The molecule has 1 heterocycles. The second-order valence-corrected chi connectivity index (χ2v) is 4.04. The Morgan fingerprint density at radius 1 is 1.07 bits per heavy atom. The Balaban J connectivity index is 2.73. The maximum Gasteiger partial charge on any atom is 0.111 e. The van der Waals surface area contributed by atoms with E-state index in [1.165, 1.54) is 0 Å². The third-order valence-electron chi connectivity index (χ3n) is 2.59. The zero-order valence-electron chi connectivity index (χ0n) is 8.37. The summed E-state index contributed by atoms with van der Waals surface area (Å²) in [7, 11) is 0. The van der Waals surface area contributed by atoms with Crippen molar-refractivity contribution < 1.29 is 25.2 Å². The highest BCUT2D eigenvalue weighted by molar-refractivity contribution is 4.92. The number of ether oxygens (including phenoxy) is 1. The van der Waals surface area contributed by atoms with Crippen LogP contribution in [-0.2, 0) is 4.74 Å². The molecule has 14 heavy (non-hydrogen) atoms. The van der Waals surface area contributed by atoms with Crippen molar-refractivity contribution in [2.45, 2.75) is 44.4 Å². The lowest BCUT2D eigenvalue weighted by molar-refractivity contribution is -0.238. The predicted octanol–water partition coefficient (Wildman–Crippen LogP) is -1.52. The second-order valence-electron chi connectivity index (χ2n) is 4.04. The van der Waals surface area contributed by atoms with Crippen molar-refractivity contribution in [2.24, 2.45) is 5.92 Å². The van der Waals surface area contributed by atoms with Gasteiger partial charge in [-0.2, -0.15) is 0 Å². The molecule has 5 heteroatoms. The fourth-order valence-electron chi connectivity index (χ4n) is 1.68. The number of hydrogen-bond acceptors (Lipinski definition) is 5. The van der Waals surface area contributed by atoms with E-state index in [0.717, 1.165) is 0 Å². The quantitative estimate of drug-likeness (QED) is 0.441. The predicted molar refractivity (Wildman–Crippen MR) is 48.6 cm³/mol. The van der Waals surface area contributed by atoms with Crippen molar-refractivity contribution in [3.8, 4) is 0 Å². The molecule has 4 N–H and O–H groups in total. The Morgan fingerprint density at radius 2 is 1.64 bits per heavy atom. The average molecular weight is 206 g/mol. The third-order valence-corrected chi connectivity index (χ3v) is 2.59. The van der Waals surface area contributed by atoms with E-state index in [1.807, 2.05) is 13.8 Å². The zero-order valence-corrected chi connectivity index (χ0v) is 8.37. The van der Waals surface area contributed by atoms with E-state index < -0.39 is 30.5 Å². The van der Waals surface area contributed by atoms with Gasteiger partial charge in [0, 0.05) is 0 Å². The van der Waals surface area contributed by atoms with Gasteiger partial charge in [0.1, 0.15) is 24.4 Å². The molecular weight excluding hydrogens is 188 g/mol. The number of aliphatic hydroxyl groups excluding tert-OH is 4. The molecule has 0 amide bonds. The number of rotatable bonds is 2. The van der Waals surface area contributed by atoms with Gasteiger partial charge in [0.15, 0.2) is 0 Å². The summed E-state index contributed by atoms with van der Waals surface area (Å²) in [5, 5.41) is 37.4. The van der Waals surface area contributed by atoms with E-state index in [2.05, 4.69) is 0 Å². The normalized spacial score (nSPS) is 44.4. The topological polar surface area (TPSA) is 90.2 Å². The average Bonchev–Trinajstić information content (AvgIpc) is 2.14. The largest absolute Gasteiger partial charge is 0.394 e. The van der Waals surface area contributed by atoms with Gasteiger partial charge in [-0.3, -0.25) is 0 Å². The summed E-state index contributed by atoms with van der Waals surface area (Å²) in [5.74, 6) is 0.0150. The van der Waals surface area contributed by atoms with Crippen molar-refractivity contribution in [3.63, 3.8) is 0 Å². The molecule has 1 fully saturated rings. The summed E-state index contributed by atoms with van der Waals surface area (Å²) in [4.78, 5) is 0. The monoisotopic (exact) mass is 206 g/mol. The molecule has 0 saturated carbocycles. The Bertz CT molecular complexity index is 182. The van der Waals surface area contributed by atoms with Gasteiger partial charge in [-0.05, 0) is 5.92 Å². The molecule has 1 rings (SSSR count). The van der Waals surface area contributed by atoms with Crippen LogP contribution in [0.25, 0.3) is 0 Å². The van der Waals surface area contributed by atoms with Crippen molar-refractivity contribution in [1.29, 1.82) is 0 Å². The van der Waals surface area contributed by atoms with Gasteiger partial charge in [0.05, 0.1) is 12.7 Å². The van der Waals surface area contributed by atoms with E-state index in [-0.39, 0.29) is 12.5 Å². The maximum atomic E-state index is 9.57. The van der Waals surface area contributed by atoms with Crippen LogP contribution in [0.2, 0.25) is 0 Å². The first-order valence-corrected chi connectivity index (χ1v) is 4.79. The van der Waals surface area contributed by atoms with Crippen molar-refractivity contribution >= 4 is 0 Å². The molecule has 84 valence electrons. The van der Waals surface area contributed by atoms with E-state index >= 15 is 0 Å². The van der Waals surface area contributed by atoms with Crippen LogP contribution < -0.4 is 0 Å². The molecule has 0 aromatic rings. The van der Waals surface area contributed by atoms with Gasteiger partial charge >= 0.3 is 0 Å². The number of hydrogen-bond donors (Lipinski definition) is 4. The highest BCUT2D eigenvalue weighted by Crippen LogP contribution is 2.25. The van der Waals surface area contributed by atoms with Crippen LogP contribution in [-0.4, -0.2) is 57.6 Å². The van der Waals surface area contributed by atoms with Gasteiger partial charge < -0.3 is 25.2 Å². The van der Waals surface area contributed by atoms with E-state index in [1.54, 1.807) is 0 Å². The second kappa shape index (κ2) is 4.55. The molecule has 0 bridgehead atoms.